The molecule has 0 radical (unpaired) electrons. The number of hydrogen-bond acceptors (Lipinski definition) is 1. The van der Waals surface area contributed by atoms with E-state index in [4.69, 9.17) is 0 Å². The van der Waals surface area contributed by atoms with Crippen molar-refractivity contribution in [3.63, 3.8) is 0 Å². The molecule has 182 valence electrons. The fourth-order valence-electron chi connectivity index (χ4n) is 6.15. The maximum absolute atomic E-state index is 2.47. The average molecular weight is 522 g/mol. The van der Waals surface area contributed by atoms with Gasteiger partial charge in [0.25, 0.3) is 0 Å². The van der Waals surface area contributed by atoms with Crippen molar-refractivity contribution < 1.29 is 0 Å². The molecular weight excluding hydrogens is 495 g/mol. The van der Waals surface area contributed by atoms with E-state index in [-0.39, 0.29) is 0 Å². The molecule has 0 fully saturated rings. The van der Waals surface area contributed by atoms with Crippen LogP contribution in [0, 0.1) is 0 Å². The minimum Gasteiger partial charge on any atom is -0.309 e. The molecule has 0 saturated carbocycles. The summed E-state index contributed by atoms with van der Waals surface area (Å²) in [7, 11) is -1.36. The lowest BCUT2D eigenvalue weighted by Gasteiger charge is -2.17. The van der Waals surface area contributed by atoms with Crippen LogP contribution in [0.2, 0.25) is 19.6 Å². The van der Waals surface area contributed by atoms with E-state index in [1.54, 1.807) is 0 Å². The third-order valence-corrected chi connectivity index (χ3v) is 11.3. The van der Waals surface area contributed by atoms with Gasteiger partial charge in [0, 0.05) is 36.6 Å². The van der Waals surface area contributed by atoms with Crippen LogP contribution < -0.4 is 5.19 Å². The van der Waals surface area contributed by atoms with Gasteiger partial charge in [-0.25, -0.2) is 0 Å². The second-order valence-corrected chi connectivity index (χ2v) is 17.6. The van der Waals surface area contributed by atoms with Gasteiger partial charge in [0.2, 0.25) is 0 Å². The van der Waals surface area contributed by atoms with E-state index in [9.17, 15) is 0 Å². The van der Waals surface area contributed by atoms with Crippen LogP contribution in [0.15, 0.2) is 109 Å². The normalized spacial score (nSPS) is 12.6. The molecule has 0 spiro atoms. The Bertz CT molecular complexity index is 2160. The van der Waals surface area contributed by atoms with Gasteiger partial charge in [-0.1, -0.05) is 85.5 Å². The summed E-state index contributed by atoms with van der Waals surface area (Å²) < 4.78 is 5.17. The molecule has 8 rings (SSSR count). The van der Waals surface area contributed by atoms with Crippen molar-refractivity contribution in [3.8, 4) is 16.8 Å². The molecule has 0 aliphatic carbocycles. The predicted molar refractivity (Wildman–Crippen MR) is 171 cm³/mol. The maximum Gasteiger partial charge on any atom is 0.0775 e. The Morgan fingerprint density at radius 1 is 0.553 bits per heavy atom. The summed E-state index contributed by atoms with van der Waals surface area (Å²) in [5.74, 6) is 0. The zero-order valence-electron chi connectivity index (χ0n) is 21.7. The summed E-state index contributed by atoms with van der Waals surface area (Å²) in [5, 5.41) is 9.50. The Morgan fingerprint density at radius 2 is 1.32 bits per heavy atom. The highest BCUT2D eigenvalue weighted by Crippen LogP contribution is 2.42. The summed E-state index contributed by atoms with van der Waals surface area (Å²) >= 11 is 1.88. The van der Waals surface area contributed by atoms with Crippen LogP contribution >= 0.6 is 11.3 Å². The predicted octanol–water partition coefficient (Wildman–Crippen LogP) is 9.95. The highest BCUT2D eigenvalue weighted by atomic mass is 32.1. The highest BCUT2D eigenvalue weighted by molar-refractivity contribution is 7.25. The molecule has 0 saturated heterocycles. The molecule has 1 nitrogen and oxygen atoms in total. The van der Waals surface area contributed by atoms with Gasteiger partial charge in [0.1, 0.15) is 0 Å². The molecule has 0 N–H and O–H groups in total. The molecule has 0 unspecified atom stereocenters. The number of aromatic nitrogens is 1. The quantitative estimate of drug-likeness (QED) is 0.161. The summed E-state index contributed by atoms with van der Waals surface area (Å²) in [6.45, 7) is 7.24. The van der Waals surface area contributed by atoms with Crippen molar-refractivity contribution in [1.29, 1.82) is 0 Å². The van der Waals surface area contributed by atoms with E-state index in [1.165, 1.54) is 74.8 Å². The first kappa shape index (κ1) is 22.1. The lowest BCUT2D eigenvalue weighted by molar-refractivity contribution is 1.18. The fraction of sp³-hybridized carbons (Fsp3) is 0.0857. The zero-order chi connectivity index (χ0) is 25.6. The lowest BCUT2D eigenvalue weighted by Crippen LogP contribution is -2.37. The molecule has 2 aromatic heterocycles. The Kier molecular flexibility index (Phi) is 4.53. The highest BCUT2D eigenvalue weighted by Gasteiger charge is 2.20. The van der Waals surface area contributed by atoms with Crippen LogP contribution in [0.5, 0.6) is 0 Å². The van der Waals surface area contributed by atoms with Crippen LogP contribution in [-0.2, 0) is 0 Å². The minimum absolute atomic E-state index is 1.23. The van der Waals surface area contributed by atoms with Gasteiger partial charge in [-0.05, 0) is 70.4 Å². The largest absolute Gasteiger partial charge is 0.309 e. The van der Waals surface area contributed by atoms with Crippen molar-refractivity contribution in [2.24, 2.45) is 0 Å². The maximum atomic E-state index is 2.47. The van der Waals surface area contributed by atoms with Crippen molar-refractivity contribution in [3.05, 3.63) is 109 Å². The Hall–Kier alpha value is -3.92. The van der Waals surface area contributed by atoms with Crippen molar-refractivity contribution in [2.75, 3.05) is 0 Å². The van der Waals surface area contributed by atoms with Gasteiger partial charge in [0.15, 0.2) is 0 Å². The first-order chi connectivity index (χ1) is 18.5. The SMILES string of the molecule is C[Si](C)(C)c1ccc(-n2c3cccc4ccc5cc(-c6ccc7sc8ccccc8c7c6)cc2c5c43)cc1. The molecule has 8 aromatic rings. The lowest BCUT2D eigenvalue weighted by atomic mass is 9.96. The molecule has 0 atom stereocenters. The average Bonchev–Trinajstić information content (AvgIpc) is 3.47. The molecule has 38 heavy (non-hydrogen) atoms. The minimum atomic E-state index is -1.36. The Morgan fingerprint density at radius 3 is 2.16 bits per heavy atom. The zero-order valence-corrected chi connectivity index (χ0v) is 23.6. The van der Waals surface area contributed by atoms with Gasteiger partial charge >= 0.3 is 0 Å². The number of thiophene rings is 1. The topological polar surface area (TPSA) is 4.93 Å². The number of hydrogen-bond donors (Lipinski definition) is 0. The molecule has 0 aliphatic heterocycles. The van der Waals surface area contributed by atoms with E-state index in [0.29, 0.717) is 0 Å². The van der Waals surface area contributed by atoms with Gasteiger partial charge in [-0.3, -0.25) is 0 Å². The summed E-state index contributed by atoms with van der Waals surface area (Å²) in [6.07, 6.45) is 0. The van der Waals surface area contributed by atoms with E-state index in [1.807, 2.05) is 11.3 Å². The van der Waals surface area contributed by atoms with E-state index in [0.717, 1.165) is 0 Å². The molecular formula is C35H27NSSi. The van der Waals surface area contributed by atoms with Crippen LogP contribution in [-0.4, -0.2) is 12.6 Å². The smallest absolute Gasteiger partial charge is 0.0775 e. The summed E-state index contributed by atoms with van der Waals surface area (Å²) in [5.41, 5.74) is 6.32. The molecule has 2 heterocycles. The molecule has 0 amide bonds. The van der Waals surface area contributed by atoms with Crippen molar-refractivity contribution in [1.82, 2.24) is 4.57 Å². The van der Waals surface area contributed by atoms with Crippen LogP contribution in [0.3, 0.4) is 0 Å². The van der Waals surface area contributed by atoms with E-state index in [2.05, 4.69) is 133 Å². The Balaban J connectivity index is 1.42. The number of rotatable bonds is 3. The molecule has 6 aromatic carbocycles. The van der Waals surface area contributed by atoms with Crippen LogP contribution in [0.25, 0.3) is 69.6 Å². The summed E-state index contributed by atoms with van der Waals surface area (Å²) in [6, 6.07) is 41.1. The van der Waals surface area contributed by atoms with Crippen molar-refractivity contribution in [2.45, 2.75) is 19.6 Å². The van der Waals surface area contributed by atoms with Gasteiger partial charge < -0.3 is 4.57 Å². The van der Waals surface area contributed by atoms with Gasteiger partial charge in [0.05, 0.1) is 19.1 Å². The summed E-state index contributed by atoms with van der Waals surface area (Å²) in [4.78, 5) is 0. The third kappa shape index (κ3) is 3.16. The van der Waals surface area contributed by atoms with Gasteiger partial charge in [-0.2, -0.15) is 0 Å². The van der Waals surface area contributed by atoms with Crippen molar-refractivity contribution >= 4 is 77.3 Å². The number of benzene rings is 6. The standard InChI is InChI=1S/C35H27NSSi/c1-38(2,3)27-16-14-26(15-17-27)36-30-9-6-7-22-11-12-24-19-25(21-31(36)35(24)34(22)30)23-13-18-33-29(20-23)28-8-4-5-10-32(28)37-33/h4-21H,1-3H3. The molecule has 0 bridgehead atoms. The second-order valence-electron chi connectivity index (χ2n) is 11.5. The van der Waals surface area contributed by atoms with Crippen LogP contribution in [0.4, 0.5) is 0 Å². The third-order valence-electron chi connectivity index (χ3n) is 8.10. The number of nitrogens with zero attached hydrogens (tertiary/aromatic N) is 1. The molecule has 0 aliphatic rings. The fourth-order valence-corrected chi connectivity index (χ4v) is 8.41. The van der Waals surface area contributed by atoms with Gasteiger partial charge in [-0.15, -0.1) is 11.3 Å². The van der Waals surface area contributed by atoms with Crippen LogP contribution in [0.1, 0.15) is 0 Å². The van der Waals surface area contributed by atoms with E-state index >= 15 is 0 Å². The molecule has 3 heteroatoms. The first-order valence-electron chi connectivity index (χ1n) is 13.3. The monoisotopic (exact) mass is 521 g/mol. The number of fused-ring (bicyclic) bond motifs is 3. The van der Waals surface area contributed by atoms with E-state index < -0.39 is 8.07 Å². The first-order valence-corrected chi connectivity index (χ1v) is 17.6. The Labute approximate surface area is 226 Å². The second kappa shape index (κ2) is 7.79.